The first-order valence-electron chi connectivity index (χ1n) is 8.79. The van der Waals surface area contributed by atoms with Gasteiger partial charge in [-0.15, -0.1) is 0 Å². The molecule has 0 radical (unpaired) electrons. The Morgan fingerprint density at radius 3 is 2.77 bits per heavy atom. The van der Waals surface area contributed by atoms with E-state index in [0.29, 0.717) is 6.42 Å². The molecule has 2 fully saturated rings. The Morgan fingerprint density at radius 1 is 1.35 bits per heavy atom. The number of rotatable bonds is 4. The summed E-state index contributed by atoms with van der Waals surface area (Å²) < 4.78 is 46.0. The number of morpholine rings is 1. The van der Waals surface area contributed by atoms with Gasteiger partial charge in [0.25, 0.3) is 0 Å². The van der Waals surface area contributed by atoms with Gasteiger partial charge in [0, 0.05) is 30.7 Å². The Morgan fingerprint density at radius 2 is 2.08 bits per heavy atom. The lowest BCUT2D eigenvalue weighted by molar-refractivity contribution is -0.120. The number of carbonyl (C=O) groups is 1. The molecule has 0 unspecified atom stereocenters. The zero-order valence-corrected chi connectivity index (χ0v) is 15.5. The van der Waals surface area contributed by atoms with E-state index in [-0.39, 0.29) is 49.9 Å². The SMILES string of the molecule is C[C@H]1C[C@@H](C(=O)Nc2ccc(F)c(S(=O)(=O)N3CCOCC3)c2)CCN1. The van der Waals surface area contributed by atoms with Crippen molar-refractivity contribution < 1.29 is 22.3 Å². The maximum atomic E-state index is 14.2. The third-order valence-electron chi connectivity index (χ3n) is 4.78. The van der Waals surface area contributed by atoms with Gasteiger partial charge >= 0.3 is 0 Å². The molecule has 2 aliphatic heterocycles. The summed E-state index contributed by atoms with van der Waals surface area (Å²) in [6.07, 6.45) is 1.43. The molecular formula is C17H24FN3O4S. The zero-order valence-electron chi connectivity index (χ0n) is 14.7. The van der Waals surface area contributed by atoms with E-state index in [1.165, 1.54) is 16.4 Å². The number of nitrogens with one attached hydrogen (secondary N) is 2. The van der Waals surface area contributed by atoms with Crippen molar-refractivity contribution in [1.82, 2.24) is 9.62 Å². The molecule has 2 atom stereocenters. The van der Waals surface area contributed by atoms with E-state index in [2.05, 4.69) is 10.6 Å². The summed E-state index contributed by atoms with van der Waals surface area (Å²) in [5.74, 6) is -1.14. The number of piperidine rings is 1. The molecule has 1 aromatic rings. The van der Waals surface area contributed by atoms with Crippen molar-refractivity contribution >= 4 is 21.6 Å². The molecule has 1 amide bonds. The second-order valence-electron chi connectivity index (χ2n) is 6.73. The summed E-state index contributed by atoms with van der Waals surface area (Å²) in [5, 5.41) is 6.01. The Balaban J connectivity index is 1.78. The van der Waals surface area contributed by atoms with Gasteiger partial charge in [0.2, 0.25) is 15.9 Å². The van der Waals surface area contributed by atoms with Gasteiger partial charge < -0.3 is 15.4 Å². The molecule has 0 aliphatic carbocycles. The van der Waals surface area contributed by atoms with Gasteiger partial charge in [-0.25, -0.2) is 12.8 Å². The van der Waals surface area contributed by atoms with Gasteiger partial charge in [-0.1, -0.05) is 0 Å². The first-order chi connectivity index (χ1) is 12.4. The van der Waals surface area contributed by atoms with Crippen molar-refractivity contribution in [2.45, 2.75) is 30.7 Å². The molecule has 3 rings (SSSR count). The first-order valence-corrected chi connectivity index (χ1v) is 10.2. The minimum absolute atomic E-state index is 0.143. The van der Waals surface area contributed by atoms with Crippen molar-refractivity contribution in [1.29, 1.82) is 0 Å². The van der Waals surface area contributed by atoms with E-state index in [9.17, 15) is 17.6 Å². The number of sulfonamides is 1. The number of anilines is 1. The molecule has 2 N–H and O–H groups in total. The van der Waals surface area contributed by atoms with E-state index in [0.717, 1.165) is 19.0 Å². The number of benzene rings is 1. The van der Waals surface area contributed by atoms with Crippen LogP contribution < -0.4 is 10.6 Å². The summed E-state index contributed by atoms with van der Waals surface area (Å²) in [4.78, 5) is 12.0. The summed E-state index contributed by atoms with van der Waals surface area (Å²) in [7, 11) is -3.97. The minimum atomic E-state index is -3.97. The van der Waals surface area contributed by atoms with Crippen LogP contribution in [-0.2, 0) is 19.6 Å². The van der Waals surface area contributed by atoms with Crippen LogP contribution in [-0.4, -0.2) is 57.5 Å². The lowest BCUT2D eigenvalue weighted by Gasteiger charge is -2.27. The van der Waals surface area contributed by atoms with Crippen LogP contribution in [0.3, 0.4) is 0 Å². The highest BCUT2D eigenvalue weighted by molar-refractivity contribution is 7.89. The van der Waals surface area contributed by atoms with Crippen LogP contribution in [0.1, 0.15) is 19.8 Å². The number of halogens is 1. The molecular weight excluding hydrogens is 361 g/mol. The quantitative estimate of drug-likeness (QED) is 0.813. The number of hydrogen-bond acceptors (Lipinski definition) is 5. The standard InChI is InChI=1S/C17H24FN3O4S/c1-12-10-13(4-5-19-12)17(22)20-14-2-3-15(18)16(11-14)26(23,24)21-6-8-25-9-7-21/h2-3,11-13,19H,4-10H2,1H3,(H,20,22)/t12-,13-/m0/s1. The van der Waals surface area contributed by atoms with Crippen LogP contribution in [0.15, 0.2) is 23.1 Å². The molecule has 0 spiro atoms. The van der Waals surface area contributed by atoms with Gasteiger partial charge in [-0.2, -0.15) is 4.31 Å². The Bertz CT molecular complexity index is 765. The summed E-state index contributed by atoms with van der Waals surface area (Å²) in [6.45, 7) is 3.72. The third-order valence-corrected chi connectivity index (χ3v) is 6.69. The largest absolute Gasteiger partial charge is 0.379 e. The summed E-state index contributed by atoms with van der Waals surface area (Å²) in [5.41, 5.74) is 0.287. The molecule has 1 aromatic carbocycles. The first kappa shape index (κ1) is 19.2. The predicted molar refractivity (Wildman–Crippen MR) is 94.8 cm³/mol. The average Bonchev–Trinajstić information content (AvgIpc) is 2.64. The van der Waals surface area contributed by atoms with E-state index in [1.54, 1.807) is 0 Å². The van der Waals surface area contributed by atoms with Crippen molar-refractivity contribution in [3.05, 3.63) is 24.0 Å². The minimum Gasteiger partial charge on any atom is -0.379 e. The lowest BCUT2D eigenvalue weighted by atomic mass is 9.92. The van der Waals surface area contributed by atoms with Gasteiger partial charge in [0.1, 0.15) is 10.7 Å². The van der Waals surface area contributed by atoms with Gasteiger partial charge in [0.05, 0.1) is 13.2 Å². The molecule has 2 saturated heterocycles. The number of carbonyl (C=O) groups excluding carboxylic acids is 1. The monoisotopic (exact) mass is 385 g/mol. The molecule has 2 aliphatic rings. The van der Waals surface area contributed by atoms with Gasteiger partial charge in [0.15, 0.2) is 0 Å². The number of amides is 1. The molecule has 0 aromatic heterocycles. The molecule has 0 bridgehead atoms. The van der Waals surface area contributed by atoms with Crippen LogP contribution in [0.5, 0.6) is 0 Å². The van der Waals surface area contributed by atoms with Gasteiger partial charge in [-0.05, 0) is 44.5 Å². The van der Waals surface area contributed by atoms with E-state index < -0.39 is 20.7 Å². The number of hydrogen-bond donors (Lipinski definition) is 2. The molecule has 7 nitrogen and oxygen atoms in total. The molecule has 9 heteroatoms. The fourth-order valence-corrected chi connectivity index (χ4v) is 4.82. The van der Waals surface area contributed by atoms with Crippen LogP contribution in [0, 0.1) is 11.7 Å². The van der Waals surface area contributed by atoms with Crippen molar-refractivity contribution in [3.8, 4) is 0 Å². The van der Waals surface area contributed by atoms with E-state index in [1.807, 2.05) is 6.92 Å². The summed E-state index contributed by atoms with van der Waals surface area (Å²) in [6, 6.07) is 3.91. The Hall–Kier alpha value is -1.55. The maximum Gasteiger partial charge on any atom is 0.246 e. The van der Waals surface area contributed by atoms with Crippen LogP contribution in [0.25, 0.3) is 0 Å². The maximum absolute atomic E-state index is 14.2. The highest BCUT2D eigenvalue weighted by Gasteiger charge is 2.30. The molecule has 26 heavy (non-hydrogen) atoms. The van der Waals surface area contributed by atoms with Crippen molar-refractivity contribution in [2.75, 3.05) is 38.2 Å². The smallest absolute Gasteiger partial charge is 0.246 e. The van der Waals surface area contributed by atoms with Gasteiger partial charge in [-0.3, -0.25) is 4.79 Å². The lowest BCUT2D eigenvalue weighted by Crippen LogP contribution is -2.41. The Labute approximate surface area is 152 Å². The highest BCUT2D eigenvalue weighted by Crippen LogP contribution is 2.25. The topological polar surface area (TPSA) is 87.7 Å². The fourth-order valence-electron chi connectivity index (χ4n) is 3.32. The van der Waals surface area contributed by atoms with Crippen molar-refractivity contribution in [2.24, 2.45) is 5.92 Å². The van der Waals surface area contributed by atoms with Crippen molar-refractivity contribution in [3.63, 3.8) is 0 Å². The zero-order chi connectivity index (χ0) is 18.7. The molecule has 144 valence electrons. The third kappa shape index (κ3) is 4.22. The van der Waals surface area contributed by atoms with Crippen LogP contribution in [0.4, 0.5) is 10.1 Å². The molecule has 2 heterocycles. The predicted octanol–water partition coefficient (Wildman–Crippen LogP) is 1.17. The number of ether oxygens (including phenoxy) is 1. The average molecular weight is 385 g/mol. The molecule has 0 saturated carbocycles. The van der Waals surface area contributed by atoms with Crippen LogP contribution >= 0.6 is 0 Å². The number of nitrogens with zero attached hydrogens (tertiary/aromatic N) is 1. The van der Waals surface area contributed by atoms with Crippen LogP contribution in [0.2, 0.25) is 0 Å². The van der Waals surface area contributed by atoms with E-state index in [4.69, 9.17) is 4.74 Å². The van der Waals surface area contributed by atoms with E-state index >= 15 is 0 Å². The fraction of sp³-hybridized carbons (Fsp3) is 0.588. The second kappa shape index (κ2) is 7.99. The summed E-state index contributed by atoms with van der Waals surface area (Å²) >= 11 is 0. The normalized spacial score (nSPS) is 25.0. The Kier molecular flexibility index (Phi) is 5.91. The highest BCUT2D eigenvalue weighted by atomic mass is 32.2. The second-order valence-corrected chi connectivity index (χ2v) is 8.63.